The zero-order valence-corrected chi connectivity index (χ0v) is 11.1. The fraction of sp³-hybridized carbons (Fsp3) is 0.667. The highest BCUT2D eigenvalue weighted by Gasteiger charge is 2.33. The molecule has 1 saturated carbocycles. The second-order valence-corrected chi connectivity index (χ2v) is 5.65. The Hall–Kier alpha value is -1.11. The smallest absolute Gasteiger partial charge is 0.302 e. The Morgan fingerprint density at radius 3 is 2.63 bits per heavy atom. The molecule has 1 N–H and O–H groups in total. The standard InChI is InChI=1S/C12H15F3N2OS/c13-12(14,15)9-7-19-11(16-9)17-10(18)6-8-4-2-1-3-5-8/h7-8H,1-6H2,(H,16,17,18). The van der Waals surface area contributed by atoms with Crippen LogP contribution in [0.1, 0.15) is 44.2 Å². The third-order valence-corrected chi connectivity index (χ3v) is 4.00. The number of halogens is 3. The van der Waals surface area contributed by atoms with Gasteiger partial charge in [0.15, 0.2) is 10.8 Å². The molecule has 0 atom stereocenters. The second kappa shape index (κ2) is 5.90. The van der Waals surface area contributed by atoms with Crippen LogP contribution in [0.15, 0.2) is 5.38 Å². The van der Waals surface area contributed by atoms with Crippen molar-refractivity contribution in [2.75, 3.05) is 5.32 Å². The molecule has 1 aliphatic carbocycles. The summed E-state index contributed by atoms with van der Waals surface area (Å²) in [5.41, 5.74) is -0.953. The zero-order valence-electron chi connectivity index (χ0n) is 10.3. The van der Waals surface area contributed by atoms with E-state index in [2.05, 4.69) is 10.3 Å². The molecule has 0 saturated heterocycles. The van der Waals surface area contributed by atoms with Crippen molar-refractivity contribution in [3.8, 4) is 0 Å². The molecule has 0 radical (unpaired) electrons. The molecule has 2 rings (SSSR count). The predicted octanol–water partition coefficient (Wildman–Crippen LogP) is 4.07. The number of carbonyl (C=O) groups excluding carboxylic acids is 1. The van der Waals surface area contributed by atoms with Gasteiger partial charge in [0.05, 0.1) is 0 Å². The van der Waals surface area contributed by atoms with Crippen LogP contribution < -0.4 is 5.32 Å². The van der Waals surface area contributed by atoms with E-state index >= 15 is 0 Å². The van der Waals surface area contributed by atoms with Crippen LogP contribution in [0.4, 0.5) is 18.3 Å². The lowest BCUT2D eigenvalue weighted by atomic mass is 9.87. The van der Waals surface area contributed by atoms with E-state index in [1.165, 1.54) is 6.42 Å². The topological polar surface area (TPSA) is 42.0 Å². The zero-order chi connectivity index (χ0) is 13.9. The van der Waals surface area contributed by atoms with Gasteiger partial charge in [0, 0.05) is 11.8 Å². The number of nitrogens with one attached hydrogen (secondary N) is 1. The molecule has 1 amide bonds. The molecule has 1 aliphatic rings. The molecule has 19 heavy (non-hydrogen) atoms. The van der Waals surface area contributed by atoms with Crippen LogP contribution in [-0.2, 0) is 11.0 Å². The van der Waals surface area contributed by atoms with Crippen molar-refractivity contribution in [2.45, 2.75) is 44.7 Å². The third kappa shape index (κ3) is 4.19. The minimum Gasteiger partial charge on any atom is -0.302 e. The molecule has 0 aromatic carbocycles. The number of hydrogen-bond acceptors (Lipinski definition) is 3. The quantitative estimate of drug-likeness (QED) is 0.912. The minimum atomic E-state index is -4.46. The largest absolute Gasteiger partial charge is 0.434 e. The first-order chi connectivity index (χ1) is 8.95. The van der Waals surface area contributed by atoms with Crippen molar-refractivity contribution >= 4 is 22.4 Å². The molecule has 0 unspecified atom stereocenters. The number of amides is 1. The van der Waals surface area contributed by atoms with Crippen molar-refractivity contribution in [3.05, 3.63) is 11.1 Å². The summed E-state index contributed by atoms with van der Waals surface area (Å²) in [6.45, 7) is 0. The number of thiazole rings is 1. The van der Waals surface area contributed by atoms with Gasteiger partial charge in [-0.2, -0.15) is 13.2 Å². The van der Waals surface area contributed by atoms with Crippen LogP contribution in [0.2, 0.25) is 0 Å². The monoisotopic (exact) mass is 292 g/mol. The first-order valence-electron chi connectivity index (χ1n) is 6.28. The van der Waals surface area contributed by atoms with Crippen molar-refractivity contribution in [1.29, 1.82) is 0 Å². The molecule has 1 aromatic rings. The Labute approximate surface area is 113 Å². The van der Waals surface area contributed by atoms with Gasteiger partial charge in [0.2, 0.25) is 5.91 Å². The summed E-state index contributed by atoms with van der Waals surface area (Å²) < 4.78 is 37.0. The van der Waals surface area contributed by atoms with Crippen LogP contribution in [-0.4, -0.2) is 10.9 Å². The van der Waals surface area contributed by atoms with Gasteiger partial charge >= 0.3 is 6.18 Å². The molecule has 0 aliphatic heterocycles. The predicted molar refractivity (Wildman–Crippen MR) is 66.9 cm³/mol. The summed E-state index contributed by atoms with van der Waals surface area (Å²) in [4.78, 5) is 15.1. The van der Waals surface area contributed by atoms with E-state index in [0.29, 0.717) is 12.3 Å². The maximum absolute atomic E-state index is 12.3. The summed E-state index contributed by atoms with van der Waals surface area (Å²) in [5, 5.41) is 3.38. The lowest BCUT2D eigenvalue weighted by molar-refractivity contribution is -0.140. The number of carbonyl (C=O) groups is 1. The van der Waals surface area contributed by atoms with E-state index in [4.69, 9.17) is 0 Å². The maximum Gasteiger partial charge on any atom is 0.434 e. The summed E-state index contributed by atoms with van der Waals surface area (Å²) in [6.07, 6.45) is 1.45. The summed E-state index contributed by atoms with van der Waals surface area (Å²) in [7, 11) is 0. The van der Waals surface area contributed by atoms with Crippen LogP contribution >= 0.6 is 11.3 Å². The van der Waals surface area contributed by atoms with Crippen molar-refractivity contribution in [3.63, 3.8) is 0 Å². The summed E-state index contributed by atoms with van der Waals surface area (Å²) in [6, 6.07) is 0. The highest BCUT2D eigenvalue weighted by atomic mass is 32.1. The fourth-order valence-electron chi connectivity index (χ4n) is 2.29. The average molecular weight is 292 g/mol. The fourth-order valence-corrected chi connectivity index (χ4v) is 3.02. The van der Waals surface area contributed by atoms with E-state index < -0.39 is 11.9 Å². The number of hydrogen-bond donors (Lipinski definition) is 1. The average Bonchev–Trinajstić information content (AvgIpc) is 2.78. The van der Waals surface area contributed by atoms with Crippen molar-refractivity contribution in [2.24, 2.45) is 5.92 Å². The van der Waals surface area contributed by atoms with Crippen LogP contribution in [0.5, 0.6) is 0 Å². The van der Waals surface area contributed by atoms with Crippen molar-refractivity contribution < 1.29 is 18.0 Å². The summed E-state index contributed by atoms with van der Waals surface area (Å²) in [5.74, 6) is 0.116. The number of anilines is 1. The van der Waals surface area contributed by atoms with E-state index in [-0.39, 0.29) is 11.0 Å². The van der Waals surface area contributed by atoms with E-state index in [0.717, 1.165) is 42.4 Å². The maximum atomic E-state index is 12.3. The molecule has 1 fully saturated rings. The molecule has 0 bridgehead atoms. The Bertz CT molecular complexity index is 438. The van der Waals surface area contributed by atoms with Gasteiger partial charge in [-0.3, -0.25) is 4.79 Å². The Balaban J connectivity index is 1.86. The first kappa shape index (κ1) is 14.3. The van der Waals surface area contributed by atoms with Crippen LogP contribution in [0.3, 0.4) is 0 Å². The van der Waals surface area contributed by atoms with Gasteiger partial charge in [0.25, 0.3) is 0 Å². The second-order valence-electron chi connectivity index (χ2n) is 4.79. The lowest BCUT2D eigenvalue weighted by Gasteiger charge is -2.20. The van der Waals surface area contributed by atoms with E-state index in [1.807, 2.05) is 0 Å². The van der Waals surface area contributed by atoms with Crippen LogP contribution in [0, 0.1) is 5.92 Å². The number of alkyl halides is 3. The lowest BCUT2D eigenvalue weighted by Crippen LogP contribution is -2.18. The first-order valence-corrected chi connectivity index (χ1v) is 7.15. The molecular weight excluding hydrogens is 277 g/mol. The Kier molecular flexibility index (Phi) is 4.44. The number of aromatic nitrogens is 1. The molecule has 106 valence electrons. The number of rotatable bonds is 3. The van der Waals surface area contributed by atoms with Gasteiger partial charge in [-0.15, -0.1) is 11.3 Å². The molecule has 3 nitrogen and oxygen atoms in total. The summed E-state index contributed by atoms with van der Waals surface area (Å²) >= 11 is 0.804. The molecule has 1 aromatic heterocycles. The Morgan fingerprint density at radius 2 is 2.05 bits per heavy atom. The van der Waals surface area contributed by atoms with Gasteiger partial charge in [0.1, 0.15) is 0 Å². The Morgan fingerprint density at radius 1 is 1.37 bits per heavy atom. The van der Waals surface area contributed by atoms with Gasteiger partial charge in [-0.1, -0.05) is 19.3 Å². The molecule has 7 heteroatoms. The van der Waals surface area contributed by atoms with Crippen molar-refractivity contribution in [1.82, 2.24) is 4.98 Å². The normalized spacial score (nSPS) is 17.4. The molecular formula is C12H15F3N2OS. The number of nitrogens with zero attached hydrogens (tertiary/aromatic N) is 1. The van der Waals surface area contributed by atoms with Gasteiger partial charge in [-0.25, -0.2) is 4.98 Å². The molecule has 1 heterocycles. The third-order valence-electron chi connectivity index (χ3n) is 3.24. The highest BCUT2D eigenvalue weighted by molar-refractivity contribution is 7.13. The van der Waals surface area contributed by atoms with E-state index in [9.17, 15) is 18.0 Å². The van der Waals surface area contributed by atoms with Crippen LogP contribution in [0.25, 0.3) is 0 Å². The van der Waals surface area contributed by atoms with Gasteiger partial charge < -0.3 is 5.32 Å². The van der Waals surface area contributed by atoms with E-state index in [1.54, 1.807) is 0 Å². The van der Waals surface area contributed by atoms with Gasteiger partial charge in [-0.05, 0) is 18.8 Å². The highest BCUT2D eigenvalue weighted by Crippen LogP contribution is 2.32. The minimum absolute atomic E-state index is 0.0214. The molecule has 0 spiro atoms. The SMILES string of the molecule is O=C(CC1CCCCC1)Nc1nc(C(F)(F)F)cs1.